The Morgan fingerprint density at radius 1 is 0.773 bits per heavy atom. The van der Waals surface area contributed by atoms with E-state index in [1.165, 1.54) is 0 Å². The fourth-order valence-corrected chi connectivity index (χ4v) is 2.54. The molecule has 0 saturated carbocycles. The fraction of sp³-hybridized carbons (Fsp3) is 0.444. The van der Waals surface area contributed by atoms with Crippen LogP contribution in [0.2, 0.25) is 0 Å². The van der Waals surface area contributed by atoms with Crippen LogP contribution in [0.15, 0.2) is 36.4 Å². The summed E-state index contributed by atoms with van der Waals surface area (Å²) in [6.45, 7) is 12.3. The van der Waals surface area contributed by atoms with Crippen molar-refractivity contribution in [1.29, 1.82) is 0 Å². The first-order valence-corrected chi connectivity index (χ1v) is 8.17. The largest absolute Gasteiger partial charge is 0.357 e. The molecule has 4 heteroatoms. The Morgan fingerprint density at radius 3 is 1.91 bits per heavy atom. The summed E-state index contributed by atoms with van der Waals surface area (Å²) in [4.78, 5) is 14.0. The van der Waals surface area contributed by atoms with Crippen molar-refractivity contribution >= 4 is 11.8 Å². The van der Waals surface area contributed by atoms with Crippen LogP contribution >= 0.6 is 0 Å². The van der Waals surface area contributed by atoms with Gasteiger partial charge in [-0.15, -0.1) is 0 Å². The van der Waals surface area contributed by atoms with E-state index in [-0.39, 0.29) is 0 Å². The molecule has 0 bridgehead atoms. The van der Waals surface area contributed by atoms with Gasteiger partial charge in [0.2, 0.25) is 5.95 Å². The first-order chi connectivity index (χ1) is 10.7. The van der Waals surface area contributed by atoms with Crippen molar-refractivity contribution in [1.82, 2.24) is 9.97 Å². The van der Waals surface area contributed by atoms with Crippen LogP contribution in [0, 0.1) is 0 Å². The zero-order valence-electron chi connectivity index (χ0n) is 14.1. The highest BCUT2D eigenvalue weighted by Crippen LogP contribution is 2.24. The first kappa shape index (κ1) is 16.3. The molecule has 0 aliphatic rings. The maximum Gasteiger partial charge on any atom is 0.227 e. The standard InChI is InChI=1S/C18H26N4/c1-5-21(6-2)17-14-16(15-12-10-9-11-13-15)19-18(20-17)22(7-3)8-4/h9-14H,5-8H2,1-4H3. The van der Waals surface area contributed by atoms with E-state index in [1.807, 2.05) is 18.2 Å². The fourth-order valence-electron chi connectivity index (χ4n) is 2.54. The Morgan fingerprint density at radius 2 is 1.36 bits per heavy atom. The summed E-state index contributed by atoms with van der Waals surface area (Å²) in [5.74, 6) is 1.81. The lowest BCUT2D eigenvalue weighted by Crippen LogP contribution is -2.27. The predicted octanol–water partition coefficient (Wildman–Crippen LogP) is 3.84. The Hall–Kier alpha value is -2.10. The minimum atomic E-state index is 0.813. The second kappa shape index (κ2) is 7.78. The molecule has 1 aromatic carbocycles. The van der Waals surface area contributed by atoms with Crippen LogP contribution in [0.1, 0.15) is 27.7 Å². The lowest BCUT2D eigenvalue weighted by atomic mass is 10.1. The van der Waals surface area contributed by atoms with Crippen molar-refractivity contribution in [3.63, 3.8) is 0 Å². The molecule has 0 aliphatic carbocycles. The van der Waals surface area contributed by atoms with E-state index in [0.717, 1.165) is 49.2 Å². The molecule has 0 saturated heterocycles. The van der Waals surface area contributed by atoms with E-state index in [0.29, 0.717) is 0 Å². The first-order valence-electron chi connectivity index (χ1n) is 8.17. The van der Waals surface area contributed by atoms with E-state index in [2.05, 4.69) is 55.7 Å². The molecule has 0 aliphatic heterocycles. The summed E-state index contributed by atoms with van der Waals surface area (Å²) in [6, 6.07) is 12.4. The zero-order valence-corrected chi connectivity index (χ0v) is 14.1. The number of nitrogens with zero attached hydrogens (tertiary/aromatic N) is 4. The van der Waals surface area contributed by atoms with E-state index >= 15 is 0 Å². The van der Waals surface area contributed by atoms with Crippen molar-refractivity contribution < 1.29 is 0 Å². The lowest BCUT2D eigenvalue weighted by Gasteiger charge is -2.24. The lowest BCUT2D eigenvalue weighted by molar-refractivity contribution is 0.800. The quantitative estimate of drug-likeness (QED) is 0.777. The third-order valence-corrected chi connectivity index (χ3v) is 3.90. The number of benzene rings is 1. The topological polar surface area (TPSA) is 32.3 Å². The molecule has 0 N–H and O–H groups in total. The molecule has 22 heavy (non-hydrogen) atoms. The van der Waals surface area contributed by atoms with Gasteiger partial charge < -0.3 is 9.80 Å². The summed E-state index contributed by atoms with van der Waals surface area (Å²) in [7, 11) is 0. The minimum absolute atomic E-state index is 0.813. The van der Waals surface area contributed by atoms with Gasteiger partial charge in [-0.3, -0.25) is 0 Å². The van der Waals surface area contributed by atoms with E-state index in [1.54, 1.807) is 0 Å². The average Bonchev–Trinajstić information content (AvgIpc) is 2.58. The Labute approximate surface area is 133 Å². The van der Waals surface area contributed by atoms with Crippen molar-refractivity contribution in [2.75, 3.05) is 36.0 Å². The van der Waals surface area contributed by atoms with Gasteiger partial charge in [0.25, 0.3) is 0 Å². The molecule has 0 spiro atoms. The molecule has 1 aromatic heterocycles. The number of hydrogen-bond acceptors (Lipinski definition) is 4. The second-order valence-electron chi connectivity index (χ2n) is 5.12. The molecule has 1 heterocycles. The van der Waals surface area contributed by atoms with Crippen LogP contribution in [0.25, 0.3) is 11.3 Å². The van der Waals surface area contributed by atoms with Crippen molar-refractivity contribution in [2.45, 2.75) is 27.7 Å². The number of anilines is 2. The monoisotopic (exact) mass is 298 g/mol. The van der Waals surface area contributed by atoms with Crippen LogP contribution in [-0.4, -0.2) is 36.1 Å². The van der Waals surface area contributed by atoms with Gasteiger partial charge in [-0.1, -0.05) is 30.3 Å². The van der Waals surface area contributed by atoms with Crippen LogP contribution in [-0.2, 0) is 0 Å². The summed E-state index contributed by atoms with van der Waals surface area (Å²) < 4.78 is 0. The number of hydrogen-bond donors (Lipinski definition) is 0. The maximum absolute atomic E-state index is 4.78. The molecule has 2 rings (SSSR count). The van der Waals surface area contributed by atoms with Gasteiger partial charge >= 0.3 is 0 Å². The average molecular weight is 298 g/mol. The maximum atomic E-state index is 4.78. The molecule has 0 unspecified atom stereocenters. The summed E-state index contributed by atoms with van der Waals surface area (Å²) in [6.07, 6.45) is 0. The Kier molecular flexibility index (Phi) is 5.75. The summed E-state index contributed by atoms with van der Waals surface area (Å²) in [5.41, 5.74) is 2.12. The molecule has 0 amide bonds. The minimum Gasteiger partial charge on any atom is -0.357 e. The van der Waals surface area contributed by atoms with Crippen molar-refractivity contribution in [3.8, 4) is 11.3 Å². The molecule has 2 aromatic rings. The van der Waals surface area contributed by atoms with Gasteiger partial charge in [-0.05, 0) is 27.7 Å². The molecule has 0 radical (unpaired) electrons. The predicted molar refractivity (Wildman–Crippen MR) is 94.6 cm³/mol. The molecular formula is C18H26N4. The van der Waals surface area contributed by atoms with Crippen LogP contribution in [0.3, 0.4) is 0 Å². The van der Waals surface area contributed by atoms with E-state index < -0.39 is 0 Å². The van der Waals surface area contributed by atoms with Crippen molar-refractivity contribution in [3.05, 3.63) is 36.4 Å². The third-order valence-electron chi connectivity index (χ3n) is 3.90. The number of aromatic nitrogens is 2. The van der Waals surface area contributed by atoms with Gasteiger partial charge in [0, 0.05) is 37.8 Å². The third kappa shape index (κ3) is 3.56. The second-order valence-corrected chi connectivity index (χ2v) is 5.12. The molecule has 4 nitrogen and oxygen atoms in total. The summed E-state index contributed by atoms with van der Waals surface area (Å²) >= 11 is 0. The SMILES string of the molecule is CCN(CC)c1cc(-c2ccccc2)nc(N(CC)CC)n1. The number of rotatable bonds is 7. The van der Waals surface area contributed by atoms with Crippen LogP contribution in [0.5, 0.6) is 0 Å². The van der Waals surface area contributed by atoms with Gasteiger partial charge in [0.1, 0.15) is 5.82 Å². The van der Waals surface area contributed by atoms with Gasteiger partial charge in [-0.25, -0.2) is 4.98 Å². The van der Waals surface area contributed by atoms with Gasteiger partial charge in [0.05, 0.1) is 5.69 Å². The van der Waals surface area contributed by atoms with Crippen LogP contribution in [0.4, 0.5) is 11.8 Å². The summed E-state index contributed by atoms with van der Waals surface area (Å²) in [5, 5.41) is 0. The molecule has 0 fully saturated rings. The Bertz CT molecular complexity index is 545. The molecular weight excluding hydrogens is 272 g/mol. The Balaban J connectivity index is 2.53. The highest BCUT2D eigenvalue weighted by Gasteiger charge is 2.13. The van der Waals surface area contributed by atoms with E-state index in [9.17, 15) is 0 Å². The highest BCUT2D eigenvalue weighted by molar-refractivity contribution is 5.65. The van der Waals surface area contributed by atoms with Gasteiger partial charge in [-0.2, -0.15) is 4.98 Å². The molecule has 118 valence electrons. The normalized spacial score (nSPS) is 10.5. The van der Waals surface area contributed by atoms with Crippen molar-refractivity contribution in [2.24, 2.45) is 0 Å². The zero-order chi connectivity index (χ0) is 15.9. The smallest absolute Gasteiger partial charge is 0.227 e. The van der Waals surface area contributed by atoms with Gasteiger partial charge in [0.15, 0.2) is 0 Å². The highest BCUT2D eigenvalue weighted by atomic mass is 15.3. The van der Waals surface area contributed by atoms with E-state index in [4.69, 9.17) is 9.97 Å². The molecule has 0 atom stereocenters. The van der Waals surface area contributed by atoms with Crippen LogP contribution < -0.4 is 9.80 Å².